The van der Waals surface area contributed by atoms with Gasteiger partial charge in [0.25, 0.3) is 0 Å². The first kappa shape index (κ1) is 17.5. The van der Waals surface area contributed by atoms with Gasteiger partial charge in [-0.25, -0.2) is 0 Å². The first-order valence-corrected chi connectivity index (χ1v) is 9.25. The van der Waals surface area contributed by atoms with Gasteiger partial charge in [-0.15, -0.1) is 0 Å². The second kappa shape index (κ2) is 7.31. The lowest BCUT2D eigenvalue weighted by Gasteiger charge is -2.13. The Bertz CT molecular complexity index is 896. The van der Waals surface area contributed by atoms with Gasteiger partial charge in [0.1, 0.15) is 0 Å². The molecule has 0 saturated heterocycles. The van der Waals surface area contributed by atoms with E-state index >= 15 is 0 Å². The number of benzene rings is 2. The molecule has 0 saturated carbocycles. The molecule has 25 heavy (non-hydrogen) atoms. The van der Waals surface area contributed by atoms with Crippen LogP contribution in [0.5, 0.6) is 0 Å². The zero-order chi connectivity index (χ0) is 18.0. The predicted molar refractivity (Wildman–Crippen MR) is 110 cm³/mol. The normalized spacial score (nSPS) is 11.4. The van der Waals surface area contributed by atoms with Crippen LogP contribution >= 0.6 is 0 Å². The van der Waals surface area contributed by atoms with Crippen LogP contribution in [-0.2, 0) is 26.3 Å². The fraction of sp³-hybridized carbons (Fsp3) is 0.333. The number of hydrogen-bond acceptors (Lipinski definition) is 0. The molecule has 3 rings (SSSR count). The molecule has 0 aliphatic rings. The van der Waals surface area contributed by atoms with Crippen molar-refractivity contribution in [2.24, 2.45) is 13.0 Å². The molecule has 0 atom stereocenters. The van der Waals surface area contributed by atoms with Crippen molar-refractivity contribution < 1.29 is 0 Å². The molecule has 2 aromatic carbocycles. The summed E-state index contributed by atoms with van der Waals surface area (Å²) in [5.41, 5.74) is 8.03. The molecule has 3 aromatic rings. The summed E-state index contributed by atoms with van der Waals surface area (Å²) in [6.45, 7) is 10.9. The molecule has 0 unspecified atom stereocenters. The van der Waals surface area contributed by atoms with Crippen molar-refractivity contribution in [3.8, 4) is 0 Å². The van der Waals surface area contributed by atoms with Crippen molar-refractivity contribution in [1.82, 2.24) is 4.57 Å². The van der Waals surface area contributed by atoms with E-state index in [0.717, 1.165) is 19.3 Å². The van der Waals surface area contributed by atoms with Gasteiger partial charge in [0.15, 0.2) is 0 Å². The maximum atomic E-state index is 4.20. The van der Waals surface area contributed by atoms with Crippen molar-refractivity contribution >= 4 is 16.5 Å². The number of aryl methyl sites for hydroxylation is 3. The summed E-state index contributed by atoms with van der Waals surface area (Å²) in [6.07, 6.45) is 5.37. The Hall–Kier alpha value is -2.28. The van der Waals surface area contributed by atoms with Crippen LogP contribution in [0.1, 0.15) is 43.0 Å². The summed E-state index contributed by atoms with van der Waals surface area (Å²) in [6, 6.07) is 15.9. The highest BCUT2D eigenvalue weighted by atomic mass is 14.9. The van der Waals surface area contributed by atoms with E-state index in [-0.39, 0.29) is 0 Å². The molecule has 0 spiro atoms. The van der Waals surface area contributed by atoms with Crippen LogP contribution in [0, 0.1) is 5.92 Å². The molecule has 0 aliphatic carbocycles. The standard InChI is InChI=1S/C24H29N/c1-17(2)14-20-8-10-21(23(15-20)18(3)4)9-6-19-7-11-22-12-13-25(5)24(22)16-19/h7-8,10-13,15-17H,3,6,9,14H2,1-2,4-5H3. The lowest BCUT2D eigenvalue weighted by atomic mass is 9.92. The number of allylic oxidation sites excluding steroid dienone is 1. The summed E-state index contributed by atoms with van der Waals surface area (Å²) < 4.78 is 2.19. The highest BCUT2D eigenvalue weighted by Crippen LogP contribution is 2.24. The van der Waals surface area contributed by atoms with Crippen molar-refractivity contribution in [3.05, 3.63) is 77.5 Å². The fourth-order valence-corrected chi connectivity index (χ4v) is 3.58. The SMILES string of the molecule is C=C(C)c1cc(CC(C)C)ccc1CCc1ccc2ccn(C)c2c1. The maximum Gasteiger partial charge on any atom is 0.0480 e. The van der Waals surface area contributed by atoms with Gasteiger partial charge in [-0.2, -0.15) is 0 Å². The quantitative estimate of drug-likeness (QED) is 0.507. The van der Waals surface area contributed by atoms with E-state index in [1.165, 1.54) is 38.7 Å². The minimum Gasteiger partial charge on any atom is -0.351 e. The van der Waals surface area contributed by atoms with Crippen molar-refractivity contribution in [3.63, 3.8) is 0 Å². The molecule has 0 aliphatic heterocycles. The Morgan fingerprint density at radius 1 is 1.00 bits per heavy atom. The average molecular weight is 332 g/mol. The minimum absolute atomic E-state index is 0.681. The van der Waals surface area contributed by atoms with Gasteiger partial charge >= 0.3 is 0 Å². The zero-order valence-corrected chi connectivity index (χ0v) is 16.0. The molecule has 0 radical (unpaired) electrons. The predicted octanol–water partition coefficient (Wildman–Crippen LogP) is 6.20. The van der Waals surface area contributed by atoms with Gasteiger partial charge in [-0.05, 0) is 71.9 Å². The Labute approximate surface area is 152 Å². The first-order chi connectivity index (χ1) is 11.9. The second-order valence-corrected chi connectivity index (χ2v) is 7.69. The fourth-order valence-electron chi connectivity index (χ4n) is 3.58. The van der Waals surface area contributed by atoms with Crippen LogP contribution in [0.25, 0.3) is 16.5 Å². The summed E-state index contributed by atoms with van der Waals surface area (Å²) in [7, 11) is 2.11. The summed E-state index contributed by atoms with van der Waals surface area (Å²) >= 11 is 0. The summed E-state index contributed by atoms with van der Waals surface area (Å²) in [5.74, 6) is 0.681. The number of fused-ring (bicyclic) bond motifs is 1. The lowest BCUT2D eigenvalue weighted by Crippen LogP contribution is -2.00. The smallest absolute Gasteiger partial charge is 0.0480 e. The highest BCUT2D eigenvalue weighted by Gasteiger charge is 2.08. The van der Waals surface area contributed by atoms with Crippen molar-refractivity contribution in [2.75, 3.05) is 0 Å². The van der Waals surface area contributed by atoms with Crippen LogP contribution in [0.3, 0.4) is 0 Å². The van der Waals surface area contributed by atoms with Gasteiger partial charge < -0.3 is 4.57 Å². The molecule has 1 aromatic heterocycles. The van der Waals surface area contributed by atoms with Crippen molar-refractivity contribution in [2.45, 2.75) is 40.0 Å². The molecule has 1 nitrogen and oxygen atoms in total. The minimum atomic E-state index is 0.681. The van der Waals surface area contributed by atoms with Gasteiger partial charge in [0, 0.05) is 18.8 Å². The number of hydrogen-bond donors (Lipinski definition) is 0. The average Bonchev–Trinajstić information content (AvgIpc) is 2.94. The van der Waals surface area contributed by atoms with Crippen LogP contribution in [0.15, 0.2) is 55.2 Å². The van der Waals surface area contributed by atoms with E-state index in [1.54, 1.807) is 0 Å². The molecule has 0 amide bonds. The van der Waals surface area contributed by atoms with Gasteiger partial charge in [0.05, 0.1) is 0 Å². The highest BCUT2D eigenvalue weighted by molar-refractivity contribution is 5.80. The number of nitrogens with zero attached hydrogens (tertiary/aromatic N) is 1. The van der Waals surface area contributed by atoms with Gasteiger partial charge in [-0.3, -0.25) is 0 Å². The van der Waals surface area contributed by atoms with Crippen LogP contribution in [-0.4, -0.2) is 4.57 Å². The molecule has 1 heteroatoms. The van der Waals surface area contributed by atoms with Crippen LogP contribution in [0.2, 0.25) is 0 Å². The third-order valence-electron chi connectivity index (χ3n) is 4.91. The molecule has 0 bridgehead atoms. The van der Waals surface area contributed by atoms with E-state index in [9.17, 15) is 0 Å². The first-order valence-electron chi connectivity index (χ1n) is 9.25. The van der Waals surface area contributed by atoms with E-state index in [2.05, 4.69) is 87.6 Å². The number of rotatable bonds is 6. The van der Waals surface area contributed by atoms with Gasteiger partial charge in [-0.1, -0.05) is 56.3 Å². The summed E-state index contributed by atoms with van der Waals surface area (Å²) in [5, 5.41) is 1.31. The lowest BCUT2D eigenvalue weighted by molar-refractivity contribution is 0.647. The Morgan fingerprint density at radius 3 is 2.48 bits per heavy atom. The van der Waals surface area contributed by atoms with E-state index in [1.807, 2.05) is 0 Å². The van der Waals surface area contributed by atoms with Crippen LogP contribution in [0.4, 0.5) is 0 Å². The molecular weight excluding hydrogens is 302 g/mol. The van der Waals surface area contributed by atoms with E-state index < -0.39 is 0 Å². The molecule has 130 valence electrons. The third-order valence-corrected chi connectivity index (χ3v) is 4.91. The zero-order valence-electron chi connectivity index (χ0n) is 16.0. The van der Waals surface area contributed by atoms with E-state index in [4.69, 9.17) is 0 Å². The molecule has 1 heterocycles. The monoisotopic (exact) mass is 331 g/mol. The topological polar surface area (TPSA) is 4.93 Å². The van der Waals surface area contributed by atoms with Crippen molar-refractivity contribution in [1.29, 1.82) is 0 Å². The second-order valence-electron chi connectivity index (χ2n) is 7.69. The van der Waals surface area contributed by atoms with Gasteiger partial charge in [0.2, 0.25) is 0 Å². The van der Waals surface area contributed by atoms with E-state index in [0.29, 0.717) is 5.92 Å². The Kier molecular flexibility index (Phi) is 5.13. The molecule has 0 fully saturated rings. The molecule has 0 N–H and O–H groups in total. The third kappa shape index (κ3) is 4.04. The largest absolute Gasteiger partial charge is 0.351 e. The Balaban J connectivity index is 1.81. The summed E-state index contributed by atoms with van der Waals surface area (Å²) in [4.78, 5) is 0. The number of aromatic nitrogens is 1. The maximum absolute atomic E-state index is 4.20. The Morgan fingerprint density at radius 2 is 1.76 bits per heavy atom. The molecular formula is C24H29N. The van der Waals surface area contributed by atoms with Crippen LogP contribution < -0.4 is 0 Å².